The second-order valence-corrected chi connectivity index (χ2v) is 5.67. The molecule has 1 saturated heterocycles. The zero-order valence-corrected chi connectivity index (χ0v) is 10.2. The Morgan fingerprint density at radius 2 is 2.19 bits per heavy atom. The lowest BCUT2D eigenvalue weighted by Crippen LogP contribution is -2.42. The summed E-state index contributed by atoms with van der Waals surface area (Å²) in [7, 11) is 0. The molecule has 3 nitrogen and oxygen atoms in total. The first kappa shape index (κ1) is 11.9. The molecule has 3 heteroatoms. The van der Waals surface area contributed by atoms with Crippen molar-refractivity contribution in [3.63, 3.8) is 0 Å². The number of rotatable bonds is 3. The van der Waals surface area contributed by atoms with Gasteiger partial charge in [0.2, 0.25) is 0 Å². The summed E-state index contributed by atoms with van der Waals surface area (Å²) in [5.74, 6) is 0.624. The molecule has 3 atom stereocenters. The van der Waals surface area contributed by atoms with E-state index in [2.05, 4.69) is 11.8 Å². The Hall–Kier alpha value is -0.570. The standard InChI is InChI=1S/C13H23NO2/c1-10-4-5-12(7-10)14-6-2-3-11(9-14)8-13(15)16/h10-12H,2-9H2,1H3,(H,15,16). The monoisotopic (exact) mass is 225 g/mol. The molecular weight excluding hydrogens is 202 g/mol. The van der Waals surface area contributed by atoms with Gasteiger partial charge in [0.15, 0.2) is 0 Å². The van der Waals surface area contributed by atoms with Crippen LogP contribution >= 0.6 is 0 Å². The maximum absolute atomic E-state index is 10.7. The number of hydrogen-bond acceptors (Lipinski definition) is 2. The summed E-state index contributed by atoms with van der Waals surface area (Å²) in [5, 5.41) is 8.84. The van der Waals surface area contributed by atoms with Gasteiger partial charge >= 0.3 is 5.97 Å². The van der Waals surface area contributed by atoms with Crippen molar-refractivity contribution < 1.29 is 9.90 Å². The van der Waals surface area contributed by atoms with Crippen LogP contribution < -0.4 is 0 Å². The minimum Gasteiger partial charge on any atom is -0.481 e. The highest BCUT2D eigenvalue weighted by Crippen LogP contribution is 2.32. The average molecular weight is 225 g/mol. The average Bonchev–Trinajstić information content (AvgIpc) is 2.64. The van der Waals surface area contributed by atoms with E-state index in [4.69, 9.17) is 5.11 Å². The molecule has 0 aromatic heterocycles. The SMILES string of the molecule is CC1CCC(N2CCCC(CC(=O)O)C2)C1. The van der Waals surface area contributed by atoms with Crippen molar-refractivity contribution in [3.05, 3.63) is 0 Å². The van der Waals surface area contributed by atoms with Gasteiger partial charge < -0.3 is 10.0 Å². The third-order valence-corrected chi connectivity index (χ3v) is 4.20. The van der Waals surface area contributed by atoms with Gasteiger partial charge in [-0.15, -0.1) is 0 Å². The molecule has 0 spiro atoms. The normalized spacial score (nSPS) is 36.4. The highest BCUT2D eigenvalue weighted by Gasteiger charge is 2.30. The Morgan fingerprint density at radius 3 is 2.81 bits per heavy atom. The largest absolute Gasteiger partial charge is 0.481 e. The van der Waals surface area contributed by atoms with E-state index in [-0.39, 0.29) is 0 Å². The quantitative estimate of drug-likeness (QED) is 0.801. The summed E-state index contributed by atoms with van der Waals surface area (Å²) in [5.41, 5.74) is 0. The van der Waals surface area contributed by atoms with E-state index in [0.29, 0.717) is 12.3 Å². The molecule has 2 aliphatic rings. The fourth-order valence-electron chi connectivity index (χ4n) is 3.35. The Balaban J connectivity index is 1.84. The Bertz CT molecular complexity index is 254. The highest BCUT2D eigenvalue weighted by atomic mass is 16.4. The molecular formula is C13H23NO2. The fraction of sp³-hybridized carbons (Fsp3) is 0.923. The van der Waals surface area contributed by atoms with Crippen LogP contribution in [0.4, 0.5) is 0 Å². The minimum atomic E-state index is -0.633. The van der Waals surface area contributed by atoms with E-state index in [9.17, 15) is 4.79 Å². The van der Waals surface area contributed by atoms with Crippen LogP contribution in [0, 0.1) is 11.8 Å². The molecule has 0 radical (unpaired) electrons. The third kappa shape index (κ3) is 2.97. The molecule has 16 heavy (non-hydrogen) atoms. The van der Waals surface area contributed by atoms with Gasteiger partial charge in [-0.2, -0.15) is 0 Å². The van der Waals surface area contributed by atoms with Crippen LogP contribution in [0.3, 0.4) is 0 Å². The van der Waals surface area contributed by atoms with Crippen molar-refractivity contribution in [1.29, 1.82) is 0 Å². The fourth-order valence-corrected chi connectivity index (χ4v) is 3.35. The zero-order chi connectivity index (χ0) is 11.5. The summed E-state index contributed by atoms with van der Waals surface area (Å²) in [6.45, 7) is 4.54. The van der Waals surface area contributed by atoms with Crippen LogP contribution in [0.25, 0.3) is 0 Å². The van der Waals surface area contributed by atoms with Crippen molar-refractivity contribution in [1.82, 2.24) is 4.90 Å². The Morgan fingerprint density at radius 1 is 1.38 bits per heavy atom. The molecule has 92 valence electrons. The first-order chi connectivity index (χ1) is 7.65. The van der Waals surface area contributed by atoms with Crippen molar-refractivity contribution in [2.75, 3.05) is 13.1 Å². The minimum absolute atomic E-state index is 0.360. The molecule has 1 heterocycles. The molecule has 1 saturated carbocycles. The third-order valence-electron chi connectivity index (χ3n) is 4.20. The van der Waals surface area contributed by atoms with Gasteiger partial charge in [-0.1, -0.05) is 6.92 Å². The van der Waals surface area contributed by atoms with Gasteiger partial charge in [-0.05, 0) is 50.5 Å². The van der Waals surface area contributed by atoms with E-state index >= 15 is 0 Å². The molecule has 0 bridgehead atoms. The number of carbonyl (C=O) groups is 1. The second-order valence-electron chi connectivity index (χ2n) is 5.67. The summed E-state index contributed by atoms with van der Waals surface area (Å²) in [4.78, 5) is 13.3. The predicted molar refractivity (Wildman–Crippen MR) is 63.4 cm³/mol. The molecule has 0 aromatic carbocycles. The number of hydrogen-bond donors (Lipinski definition) is 1. The van der Waals surface area contributed by atoms with Crippen LogP contribution in [0.2, 0.25) is 0 Å². The number of likely N-dealkylation sites (tertiary alicyclic amines) is 1. The molecule has 0 amide bonds. The number of piperidine rings is 1. The lowest BCUT2D eigenvalue weighted by molar-refractivity contribution is -0.138. The maximum atomic E-state index is 10.7. The first-order valence-corrected chi connectivity index (χ1v) is 6.61. The first-order valence-electron chi connectivity index (χ1n) is 6.61. The lowest BCUT2D eigenvalue weighted by Gasteiger charge is -2.36. The number of nitrogens with zero attached hydrogens (tertiary/aromatic N) is 1. The van der Waals surface area contributed by atoms with Crippen LogP contribution in [-0.2, 0) is 4.79 Å². The van der Waals surface area contributed by atoms with Crippen molar-refractivity contribution >= 4 is 5.97 Å². The van der Waals surface area contributed by atoms with E-state index in [1.807, 2.05) is 0 Å². The molecule has 2 fully saturated rings. The zero-order valence-electron chi connectivity index (χ0n) is 10.2. The second kappa shape index (κ2) is 5.17. The number of carboxylic acid groups (broad SMARTS) is 1. The summed E-state index contributed by atoms with van der Waals surface area (Å²) >= 11 is 0. The van der Waals surface area contributed by atoms with Crippen molar-refractivity contribution in [2.45, 2.75) is 51.5 Å². The van der Waals surface area contributed by atoms with Gasteiger partial charge in [0.25, 0.3) is 0 Å². The van der Waals surface area contributed by atoms with E-state index in [1.165, 1.54) is 32.2 Å². The maximum Gasteiger partial charge on any atom is 0.303 e. The van der Waals surface area contributed by atoms with Gasteiger partial charge in [0.1, 0.15) is 0 Å². The summed E-state index contributed by atoms with van der Waals surface area (Å²) in [6.07, 6.45) is 6.64. The number of aliphatic carboxylic acids is 1. The predicted octanol–water partition coefficient (Wildman–Crippen LogP) is 2.36. The van der Waals surface area contributed by atoms with Crippen LogP contribution in [0.15, 0.2) is 0 Å². The van der Waals surface area contributed by atoms with Crippen molar-refractivity contribution in [2.24, 2.45) is 11.8 Å². The van der Waals surface area contributed by atoms with E-state index in [0.717, 1.165) is 24.9 Å². The van der Waals surface area contributed by atoms with Gasteiger partial charge in [-0.25, -0.2) is 0 Å². The van der Waals surface area contributed by atoms with E-state index < -0.39 is 5.97 Å². The van der Waals surface area contributed by atoms with E-state index in [1.54, 1.807) is 0 Å². The summed E-state index contributed by atoms with van der Waals surface area (Å²) < 4.78 is 0. The van der Waals surface area contributed by atoms with Gasteiger partial charge in [-0.3, -0.25) is 4.79 Å². The van der Waals surface area contributed by atoms with Crippen LogP contribution in [-0.4, -0.2) is 35.1 Å². The molecule has 1 aliphatic heterocycles. The Kier molecular flexibility index (Phi) is 3.85. The smallest absolute Gasteiger partial charge is 0.303 e. The highest BCUT2D eigenvalue weighted by molar-refractivity contribution is 5.67. The van der Waals surface area contributed by atoms with Crippen LogP contribution in [0.1, 0.15) is 45.4 Å². The van der Waals surface area contributed by atoms with Gasteiger partial charge in [0, 0.05) is 19.0 Å². The van der Waals surface area contributed by atoms with Gasteiger partial charge in [0.05, 0.1) is 0 Å². The van der Waals surface area contributed by atoms with Crippen LogP contribution in [0.5, 0.6) is 0 Å². The summed E-state index contributed by atoms with van der Waals surface area (Å²) in [6, 6.07) is 0.742. The lowest BCUT2D eigenvalue weighted by atomic mass is 9.93. The molecule has 3 unspecified atom stereocenters. The number of carboxylic acids is 1. The van der Waals surface area contributed by atoms with Crippen molar-refractivity contribution in [3.8, 4) is 0 Å². The molecule has 0 aromatic rings. The molecule has 2 rings (SSSR count). The Labute approximate surface area is 97.8 Å². The molecule has 1 N–H and O–H groups in total. The molecule has 1 aliphatic carbocycles. The topological polar surface area (TPSA) is 40.5 Å².